The summed E-state index contributed by atoms with van der Waals surface area (Å²) < 4.78 is 5.73. The molecule has 24 heavy (non-hydrogen) atoms. The molecule has 1 aliphatic heterocycles. The minimum Gasteiger partial charge on any atom is -0.493 e. The van der Waals surface area contributed by atoms with E-state index in [1.54, 1.807) is 0 Å². The van der Waals surface area contributed by atoms with Gasteiger partial charge in [0.1, 0.15) is 5.75 Å². The van der Waals surface area contributed by atoms with Gasteiger partial charge in [-0.25, -0.2) is 0 Å². The second-order valence-electron chi connectivity index (χ2n) is 5.46. The van der Waals surface area contributed by atoms with Crippen molar-refractivity contribution in [1.82, 2.24) is 5.32 Å². The van der Waals surface area contributed by atoms with Gasteiger partial charge in [-0.05, 0) is 41.8 Å². The van der Waals surface area contributed by atoms with Crippen molar-refractivity contribution in [3.05, 3.63) is 64.7 Å². The summed E-state index contributed by atoms with van der Waals surface area (Å²) in [6, 6.07) is 15.3. The fourth-order valence-electron chi connectivity index (χ4n) is 2.44. The molecule has 0 unspecified atom stereocenters. The van der Waals surface area contributed by atoms with Crippen LogP contribution in [-0.4, -0.2) is 23.0 Å². The quantitative estimate of drug-likeness (QED) is 0.848. The summed E-state index contributed by atoms with van der Waals surface area (Å²) in [5.74, 6) is 0.562. The Balaban J connectivity index is 1.49. The SMILES string of the molecule is O=C1NC(=O)[C@H](Cc2ccc(OCCc3cccc(Cl)c3)cc2)S1. The molecule has 4 nitrogen and oxygen atoms in total. The first kappa shape index (κ1) is 16.9. The molecule has 0 spiro atoms. The average Bonchev–Trinajstić information content (AvgIpc) is 2.87. The van der Waals surface area contributed by atoms with Crippen LogP contribution in [0.15, 0.2) is 48.5 Å². The van der Waals surface area contributed by atoms with Crippen molar-refractivity contribution in [2.24, 2.45) is 0 Å². The second-order valence-corrected chi connectivity index (χ2v) is 7.07. The molecule has 3 rings (SSSR count). The highest BCUT2D eigenvalue weighted by Crippen LogP contribution is 2.24. The standard InChI is InChI=1S/C18H16ClNO3S/c19-14-3-1-2-12(10-14)8-9-23-15-6-4-13(5-7-15)11-16-17(21)20-18(22)24-16/h1-7,10,16H,8-9,11H2,(H,20,21,22)/t16-/m0/s1. The van der Waals surface area contributed by atoms with E-state index in [1.165, 1.54) is 0 Å². The van der Waals surface area contributed by atoms with Crippen molar-refractivity contribution in [2.45, 2.75) is 18.1 Å². The van der Waals surface area contributed by atoms with E-state index in [-0.39, 0.29) is 16.4 Å². The molecule has 0 bridgehead atoms. The second kappa shape index (κ2) is 7.73. The molecule has 1 saturated heterocycles. The lowest BCUT2D eigenvalue weighted by molar-refractivity contribution is -0.118. The third-order valence-corrected chi connectivity index (χ3v) is 4.88. The number of ether oxygens (including phenoxy) is 1. The van der Waals surface area contributed by atoms with Crippen LogP contribution in [0.2, 0.25) is 5.02 Å². The first-order valence-electron chi connectivity index (χ1n) is 7.58. The maximum absolute atomic E-state index is 11.6. The Bertz CT molecular complexity index is 748. The van der Waals surface area contributed by atoms with E-state index in [4.69, 9.17) is 16.3 Å². The van der Waals surface area contributed by atoms with Crippen molar-refractivity contribution in [1.29, 1.82) is 0 Å². The van der Waals surface area contributed by atoms with Crippen LogP contribution in [0, 0.1) is 0 Å². The molecule has 2 amide bonds. The molecule has 124 valence electrons. The molecule has 1 aliphatic rings. The molecule has 1 N–H and O–H groups in total. The highest BCUT2D eigenvalue weighted by atomic mass is 35.5. The highest BCUT2D eigenvalue weighted by molar-refractivity contribution is 8.15. The van der Waals surface area contributed by atoms with Crippen LogP contribution in [0.5, 0.6) is 5.75 Å². The van der Waals surface area contributed by atoms with Gasteiger partial charge < -0.3 is 4.74 Å². The van der Waals surface area contributed by atoms with Crippen molar-refractivity contribution >= 4 is 34.5 Å². The van der Waals surface area contributed by atoms with Gasteiger partial charge in [0, 0.05) is 11.4 Å². The summed E-state index contributed by atoms with van der Waals surface area (Å²) in [5, 5.41) is 2.41. The molecule has 0 aliphatic carbocycles. The smallest absolute Gasteiger partial charge is 0.286 e. The monoisotopic (exact) mass is 361 g/mol. The first-order valence-corrected chi connectivity index (χ1v) is 8.83. The number of hydrogen-bond acceptors (Lipinski definition) is 4. The summed E-state index contributed by atoms with van der Waals surface area (Å²) in [7, 11) is 0. The van der Waals surface area contributed by atoms with E-state index >= 15 is 0 Å². The van der Waals surface area contributed by atoms with Gasteiger partial charge in [0.25, 0.3) is 5.24 Å². The Morgan fingerprint density at radius 1 is 1.08 bits per heavy atom. The fourth-order valence-corrected chi connectivity index (χ4v) is 3.52. The minimum atomic E-state index is -0.341. The molecule has 0 aromatic heterocycles. The van der Waals surface area contributed by atoms with Gasteiger partial charge >= 0.3 is 0 Å². The number of amides is 2. The zero-order chi connectivity index (χ0) is 16.9. The van der Waals surface area contributed by atoms with Gasteiger partial charge in [0.05, 0.1) is 11.9 Å². The number of carbonyl (C=O) groups is 2. The summed E-state index contributed by atoms with van der Waals surface area (Å²) in [6.45, 7) is 0.565. The Morgan fingerprint density at radius 2 is 1.88 bits per heavy atom. The van der Waals surface area contributed by atoms with Crippen molar-refractivity contribution in [3.63, 3.8) is 0 Å². The van der Waals surface area contributed by atoms with Crippen LogP contribution in [0.1, 0.15) is 11.1 Å². The van der Waals surface area contributed by atoms with Gasteiger partial charge in [-0.15, -0.1) is 0 Å². The molecule has 0 radical (unpaired) electrons. The van der Waals surface area contributed by atoms with Gasteiger partial charge in [-0.2, -0.15) is 0 Å². The molecule has 6 heteroatoms. The van der Waals surface area contributed by atoms with Crippen molar-refractivity contribution in [2.75, 3.05) is 6.61 Å². The van der Waals surface area contributed by atoms with E-state index < -0.39 is 0 Å². The summed E-state index contributed by atoms with van der Waals surface area (Å²) in [4.78, 5) is 22.7. The normalized spacial score (nSPS) is 17.0. The molecular formula is C18H16ClNO3S. The number of benzene rings is 2. The predicted molar refractivity (Wildman–Crippen MR) is 95.7 cm³/mol. The molecule has 2 aromatic carbocycles. The van der Waals surface area contributed by atoms with Crippen molar-refractivity contribution < 1.29 is 14.3 Å². The third kappa shape index (κ3) is 4.52. The predicted octanol–water partition coefficient (Wildman–Crippen LogP) is 3.86. The fraction of sp³-hybridized carbons (Fsp3) is 0.222. The van der Waals surface area contributed by atoms with E-state index in [1.807, 2.05) is 48.5 Å². The minimum absolute atomic E-state index is 0.216. The number of imide groups is 1. The molecule has 1 atom stereocenters. The van der Waals surface area contributed by atoms with Crippen molar-refractivity contribution in [3.8, 4) is 5.75 Å². The van der Waals surface area contributed by atoms with E-state index in [0.717, 1.165) is 40.1 Å². The maximum atomic E-state index is 11.6. The summed E-state index contributed by atoms with van der Waals surface area (Å²) in [5.41, 5.74) is 2.13. The molecule has 1 heterocycles. The van der Waals surface area contributed by atoms with Gasteiger partial charge in [0.15, 0.2) is 0 Å². The molecular weight excluding hydrogens is 346 g/mol. The lowest BCUT2D eigenvalue weighted by Crippen LogP contribution is -2.25. The third-order valence-electron chi connectivity index (χ3n) is 3.66. The van der Waals surface area contributed by atoms with E-state index in [2.05, 4.69) is 5.32 Å². The number of rotatable bonds is 6. The summed E-state index contributed by atoms with van der Waals surface area (Å²) >= 11 is 7.00. The van der Waals surface area contributed by atoms with E-state index in [0.29, 0.717) is 13.0 Å². The Labute approximate surface area is 149 Å². The number of halogens is 1. The molecule has 1 fully saturated rings. The van der Waals surface area contributed by atoms with Gasteiger partial charge in [-0.1, -0.05) is 47.6 Å². The maximum Gasteiger partial charge on any atom is 0.286 e. The highest BCUT2D eigenvalue weighted by Gasteiger charge is 2.31. The average molecular weight is 362 g/mol. The van der Waals surface area contributed by atoms with Crippen LogP contribution < -0.4 is 10.1 Å². The topological polar surface area (TPSA) is 55.4 Å². The zero-order valence-corrected chi connectivity index (χ0v) is 14.4. The first-order chi connectivity index (χ1) is 11.6. The van der Waals surface area contributed by atoms with Crippen LogP contribution >= 0.6 is 23.4 Å². The van der Waals surface area contributed by atoms with Crippen LogP contribution in [0.4, 0.5) is 4.79 Å². The largest absolute Gasteiger partial charge is 0.493 e. The van der Waals surface area contributed by atoms with E-state index in [9.17, 15) is 9.59 Å². The zero-order valence-electron chi connectivity index (χ0n) is 12.8. The van der Waals surface area contributed by atoms with Gasteiger partial charge in [0.2, 0.25) is 5.91 Å². The number of hydrogen-bond donors (Lipinski definition) is 1. The Kier molecular flexibility index (Phi) is 5.43. The molecule has 2 aromatic rings. The molecule has 0 saturated carbocycles. The lowest BCUT2D eigenvalue weighted by atomic mass is 10.1. The summed E-state index contributed by atoms with van der Waals surface area (Å²) in [6.07, 6.45) is 1.31. The van der Waals surface area contributed by atoms with Crippen LogP contribution in [0.3, 0.4) is 0 Å². The van der Waals surface area contributed by atoms with Crippen LogP contribution in [0.25, 0.3) is 0 Å². The number of nitrogens with one attached hydrogen (secondary N) is 1. The Hall–Kier alpha value is -1.98. The van der Waals surface area contributed by atoms with Gasteiger partial charge in [-0.3, -0.25) is 14.9 Å². The number of thioether (sulfide) groups is 1. The Morgan fingerprint density at radius 3 is 2.54 bits per heavy atom. The van der Waals surface area contributed by atoms with Crippen LogP contribution in [-0.2, 0) is 17.6 Å². The lowest BCUT2D eigenvalue weighted by Gasteiger charge is -2.09. The number of carbonyl (C=O) groups excluding carboxylic acids is 2.